The van der Waals surface area contributed by atoms with Gasteiger partial charge in [0.05, 0.1) is 0 Å². The Labute approximate surface area is 256 Å². The predicted octanol–water partition coefficient (Wildman–Crippen LogP) is 12.5. The van der Waals surface area contributed by atoms with Crippen molar-refractivity contribution in [3.8, 4) is 0 Å². The molecule has 0 bridgehead atoms. The van der Waals surface area contributed by atoms with Crippen molar-refractivity contribution in [2.75, 3.05) is 0 Å². The average Bonchev–Trinajstić information content (AvgIpc) is 2.95. The molecule has 1 N–H and O–H groups in total. The molecule has 0 aliphatic rings. The number of carbonyl (C=O) groups excluding carboxylic acids is 1. The van der Waals surface area contributed by atoms with Crippen LogP contribution in [-0.4, -0.2) is 23.1 Å². The minimum atomic E-state index is -0.697. The molecule has 0 saturated heterocycles. The van der Waals surface area contributed by atoms with Gasteiger partial charge >= 0.3 is 11.9 Å². The number of unbranched alkanes of at least 4 members (excludes halogenated alkanes) is 25. The summed E-state index contributed by atoms with van der Waals surface area (Å²) in [5.74, 6) is -0.691. The van der Waals surface area contributed by atoms with Crippen LogP contribution in [0.2, 0.25) is 0 Å². The third-order valence-electron chi connectivity index (χ3n) is 8.58. The Morgan fingerprint density at radius 2 is 0.732 bits per heavy atom. The zero-order valence-corrected chi connectivity index (χ0v) is 27.9. The first-order valence-corrected chi connectivity index (χ1v) is 18.5. The fourth-order valence-corrected chi connectivity index (χ4v) is 5.83. The van der Waals surface area contributed by atoms with Gasteiger partial charge in [-0.3, -0.25) is 9.59 Å². The molecule has 1 unspecified atom stereocenters. The number of ether oxygens (including phenoxy) is 1. The van der Waals surface area contributed by atoms with Crippen molar-refractivity contribution in [1.29, 1.82) is 0 Å². The number of carbonyl (C=O) groups is 2. The highest BCUT2D eigenvalue weighted by atomic mass is 16.5. The van der Waals surface area contributed by atoms with Crippen LogP contribution in [0.25, 0.3) is 0 Å². The molecular formula is C37H72O4. The summed E-state index contributed by atoms with van der Waals surface area (Å²) in [6.45, 7) is 4.55. The number of rotatable bonds is 34. The van der Waals surface area contributed by atoms with Gasteiger partial charge < -0.3 is 9.84 Å². The molecule has 0 aromatic rings. The van der Waals surface area contributed by atoms with Crippen LogP contribution in [0.4, 0.5) is 0 Å². The van der Waals surface area contributed by atoms with Gasteiger partial charge in [0.15, 0.2) is 0 Å². The Morgan fingerprint density at radius 1 is 0.439 bits per heavy atom. The summed E-state index contributed by atoms with van der Waals surface area (Å²) in [5.41, 5.74) is 0. The molecule has 0 saturated carbocycles. The van der Waals surface area contributed by atoms with Gasteiger partial charge in [-0.05, 0) is 38.5 Å². The van der Waals surface area contributed by atoms with Crippen LogP contribution >= 0.6 is 0 Å². The largest absolute Gasteiger partial charge is 0.481 e. The number of carboxylic acid groups (broad SMARTS) is 1. The van der Waals surface area contributed by atoms with E-state index in [-0.39, 0.29) is 18.5 Å². The number of aliphatic carboxylic acids is 1. The van der Waals surface area contributed by atoms with Crippen molar-refractivity contribution in [3.05, 3.63) is 0 Å². The fraction of sp³-hybridized carbons (Fsp3) is 0.946. The third-order valence-corrected chi connectivity index (χ3v) is 8.58. The van der Waals surface area contributed by atoms with Crippen LogP contribution in [0, 0.1) is 0 Å². The summed E-state index contributed by atoms with van der Waals surface area (Å²) in [7, 11) is 0. The molecule has 0 radical (unpaired) electrons. The van der Waals surface area contributed by atoms with Crippen molar-refractivity contribution < 1.29 is 19.4 Å². The molecule has 4 nitrogen and oxygen atoms in total. The monoisotopic (exact) mass is 581 g/mol. The lowest BCUT2D eigenvalue weighted by atomic mass is 10.0. The Balaban J connectivity index is 4.01. The number of esters is 1. The zero-order valence-electron chi connectivity index (χ0n) is 27.9. The van der Waals surface area contributed by atoms with E-state index in [0.29, 0.717) is 6.42 Å². The summed E-state index contributed by atoms with van der Waals surface area (Å²) in [5, 5.41) is 8.79. The Kier molecular flexibility index (Phi) is 32.6. The van der Waals surface area contributed by atoms with E-state index in [4.69, 9.17) is 9.84 Å². The first-order chi connectivity index (χ1) is 20.1. The topological polar surface area (TPSA) is 63.6 Å². The van der Waals surface area contributed by atoms with E-state index >= 15 is 0 Å². The second kappa shape index (κ2) is 33.4. The van der Waals surface area contributed by atoms with E-state index in [1.54, 1.807) is 0 Å². The lowest BCUT2D eigenvalue weighted by molar-refractivity contribution is -0.150. The van der Waals surface area contributed by atoms with Crippen molar-refractivity contribution in [1.82, 2.24) is 0 Å². The maximum atomic E-state index is 12.6. The van der Waals surface area contributed by atoms with Gasteiger partial charge in [0.1, 0.15) is 6.10 Å². The average molecular weight is 581 g/mol. The molecule has 0 aromatic heterocycles. The van der Waals surface area contributed by atoms with Gasteiger partial charge in [-0.25, -0.2) is 0 Å². The summed E-state index contributed by atoms with van der Waals surface area (Å²) in [6.07, 6.45) is 38.3. The van der Waals surface area contributed by atoms with Gasteiger partial charge in [0.2, 0.25) is 0 Å². The molecule has 0 fully saturated rings. The van der Waals surface area contributed by atoms with E-state index in [1.165, 1.54) is 128 Å². The van der Waals surface area contributed by atoms with E-state index in [0.717, 1.165) is 64.2 Å². The Hall–Kier alpha value is -1.06. The Bertz CT molecular complexity index is 547. The standard InChI is InChI=1S/C37H72O4/c1-3-5-7-9-11-13-15-17-19-21-26-30-34-37(40)41-35(32-28-24-22-25-29-33-36(38)39)31-27-23-20-18-16-14-12-10-8-6-4-2/h35H,3-34H2,1-2H3,(H,38,39). The normalized spacial score (nSPS) is 12.0. The van der Waals surface area contributed by atoms with Crippen molar-refractivity contribution in [2.45, 2.75) is 225 Å². The van der Waals surface area contributed by atoms with Crippen LogP contribution in [-0.2, 0) is 14.3 Å². The zero-order chi connectivity index (χ0) is 30.1. The van der Waals surface area contributed by atoms with Gasteiger partial charge in [0.25, 0.3) is 0 Å². The van der Waals surface area contributed by atoms with Gasteiger partial charge in [-0.2, -0.15) is 0 Å². The molecule has 0 amide bonds. The maximum absolute atomic E-state index is 12.6. The SMILES string of the molecule is CCCCCCCCCCCCCCC(=O)OC(CCCCCCCCCCCCC)CCCCCCCC(=O)O. The number of carboxylic acids is 1. The molecule has 0 spiro atoms. The van der Waals surface area contributed by atoms with E-state index < -0.39 is 5.97 Å². The highest BCUT2D eigenvalue weighted by Gasteiger charge is 2.14. The fourth-order valence-electron chi connectivity index (χ4n) is 5.83. The molecule has 41 heavy (non-hydrogen) atoms. The quantitative estimate of drug-likeness (QED) is 0.0607. The highest BCUT2D eigenvalue weighted by Crippen LogP contribution is 2.19. The van der Waals surface area contributed by atoms with Gasteiger partial charge in [-0.15, -0.1) is 0 Å². The highest BCUT2D eigenvalue weighted by molar-refractivity contribution is 5.69. The van der Waals surface area contributed by atoms with Crippen LogP contribution < -0.4 is 0 Å². The van der Waals surface area contributed by atoms with Crippen molar-refractivity contribution in [2.24, 2.45) is 0 Å². The molecule has 0 heterocycles. The van der Waals surface area contributed by atoms with Crippen LogP contribution in [0.1, 0.15) is 219 Å². The van der Waals surface area contributed by atoms with E-state index in [2.05, 4.69) is 13.8 Å². The molecular weight excluding hydrogens is 508 g/mol. The molecule has 4 heteroatoms. The van der Waals surface area contributed by atoms with E-state index in [1.807, 2.05) is 0 Å². The second-order valence-corrected chi connectivity index (χ2v) is 12.8. The molecule has 1 atom stereocenters. The molecule has 0 aliphatic carbocycles. The minimum Gasteiger partial charge on any atom is -0.481 e. The summed E-state index contributed by atoms with van der Waals surface area (Å²) in [4.78, 5) is 23.3. The molecule has 244 valence electrons. The lowest BCUT2D eigenvalue weighted by Crippen LogP contribution is -2.18. The first-order valence-electron chi connectivity index (χ1n) is 18.5. The third kappa shape index (κ3) is 33.3. The van der Waals surface area contributed by atoms with Crippen molar-refractivity contribution in [3.63, 3.8) is 0 Å². The van der Waals surface area contributed by atoms with Gasteiger partial charge in [0, 0.05) is 12.8 Å². The van der Waals surface area contributed by atoms with Crippen LogP contribution in [0.3, 0.4) is 0 Å². The minimum absolute atomic E-state index is 0.00612. The second-order valence-electron chi connectivity index (χ2n) is 12.8. The van der Waals surface area contributed by atoms with Crippen LogP contribution in [0.5, 0.6) is 0 Å². The summed E-state index contributed by atoms with van der Waals surface area (Å²) >= 11 is 0. The molecule has 0 rings (SSSR count). The molecule has 0 aromatic carbocycles. The number of hydrogen-bond donors (Lipinski definition) is 1. The van der Waals surface area contributed by atoms with E-state index in [9.17, 15) is 9.59 Å². The molecule has 0 aliphatic heterocycles. The number of hydrogen-bond acceptors (Lipinski definition) is 3. The maximum Gasteiger partial charge on any atom is 0.306 e. The van der Waals surface area contributed by atoms with Crippen molar-refractivity contribution >= 4 is 11.9 Å². The lowest BCUT2D eigenvalue weighted by Gasteiger charge is -2.18. The summed E-state index contributed by atoms with van der Waals surface area (Å²) < 4.78 is 5.98. The predicted molar refractivity (Wildman–Crippen MR) is 177 cm³/mol. The smallest absolute Gasteiger partial charge is 0.306 e. The van der Waals surface area contributed by atoms with Gasteiger partial charge in [-0.1, -0.05) is 168 Å². The summed E-state index contributed by atoms with van der Waals surface area (Å²) in [6, 6.07) is 0. The Morgan fingerprint density at radius 3 is 1.07 bits per heavy atom. The first kappa shape index (κ1) is 39.9. The van der Waals surface area contributed by atoms with Crippen LogP contribution in [0.15, 0.2) is 0 Å².